The van der Waals surface area contributed by atoms with E-state index >= 15 is 0 Å². The van der Waals surface area contributed by atoms with Gasteiger partial charge >= 0.3 is 6.18 Å². The molecular formula is C25H20Cl2F3N7O2. The second-order valence-electron chi connectivity index (χ2n) is 9.62. The van der Waals surface area contributed by atoms with Gasteiger partial charge in [0, 0.05) is 31.3 Å². The molecule has 202 valence electrons. The molecule has 4 aromatic rings. The molecule has 2 aliphatic carbocycles. The number of imidazole rings is 1. The summed E-state index contributed by atoms with van der Waals surface area (Å²) in [6.07, 6.45) is 0.0697. The average Bonchev–Trinajstić information content (AvgIpc) is 3.81. The van der Waals surface area contributed by atoms with Crippen molar-refractivity contribution < 1.29 is 22.8 Å². The van der Waals surface area contributed by atoms with Crippen LogP contribution in [0.15, 0.2) is 30.5 Å². The number of alkyl halides is 3. The summed E-state index contributed by atoms with van der Waals surface area (Å²) in [6, 6.07) is 5.03. The molecule has 1 aromatic carbocycles. The van der Waals surface area contributed by atoms with Crippen molar-refractivity contribution in [2.75, 3.05) is 5.32 Å². The molecule has 0 atom stereocenters. The van der Waals surface area contributed by atoms with Gasteiger partial charge in [-0.3, -0.25) is 9.59 Å². The van der Waals surface area contributed by atoms with Crippen molar-refractivity contribution in [2.45, 2.75) is 43.8 Å². The van der Waals surface area contributed by atoms with Gasteiger partial charge in [0.2, 0.25) is 0 Å². The quantitative estimate of drug-likeness (QED) is 0.314. The molecule has 0 unspecified atom stereocenters. The van der Waals surface area contributed by atoms with E-state index in [4.69, 9.17) is 23.2 Å². The fraction of sp³-hybridized carbons (Fsp3) is 0.320. The molecule has 3 aromatic heterocycles. The smallest absolute Gasteiger partial charge is 0.349 e. The Bertz CT molecular complexity index is 1660. The molecule has 9 nitrogen and oxygen atoms in total. The molecule has 14 heteroatoms. The van der Waals surface area contributed by atoms with E-state index in [9.17, 15) is 22.8 Å². The Kier molecular flexibility index (Phi) is 6.07. The number of fused-ring (bicyclic) bond motifs is 1. The number of pyridine rings is 1. The van der Waals surface area contributed by atoms with Gasteiger partial charge in [-0.25, -0.2) is 14.6 Å². The van der Waals surface area contributed by atoms with Gasteiger partial charge < -0.3 is 15.2 Å². The van der Waals surface area contributed by atoms with Crippen molar-refractivity contribution in [1.29, 1.82) is 0 Å². The zero-order valence-corrected chi connectivity index (χ0v) is 21.8. The van der Waals surface area contributed by atoms with Crippen molar-refractivity contribution in [2.24, 2.45) is 7.05 Å². The summed E-state index contributed by atoms with van der Waals surface area (Å²) in [6.45, 7) is 0. The third kappa shape index (κ3) is 4.71. The van der Waals surface area contributed by atoms with Crippen LogP contribution < -0.4 is 10.6 Å². The van der Waals surface area contributed by atoms with Gasteiger partial charge in [-0.05, 0) is 43.9 Å². The average molecular weight is 578 g/mol. The number of halogens is 5. The lowest BCUT2D eigenvalue weighted by molar-refractivity contribution is -0.141. The van der Waals surface area contributed by atoms with E-state index in [1.165, 1.54) is 24.4 Å². The summed E-state index contributed by atoms with van der Waals surface area (Å²) in [4.78, 5) is 35.4. The molecule has 2 amide bonds. The number of anilines is 1. The lowest BCUT2D eigenvalue weighted by Gasteiger charge is -2.15. The van der Waals surface area contributed by atoms with Crippen molar-refractivity contribution in [1.82, 2.24) is 29.6 Å². The van der Waals surface area contributed by atoms with Gasteiger partial charge in [0.15, 0.2) is 11.5 Å². The maximum Gasteiger partial charge on any atom is 0.435 e. The predicted octanol–water partition coefficient (Wildman–Crippen LogP) is 5.50. The third-order valence-electron chi connectivity index (χ3n) is 6.64. The minimum atomic E-state index is -4.85. The number of hydrogen-bond donors (Lipinski definition) is 2. The van der Waals surface area contributed by atoms with Crippen LogP contribution in [0.3, 0.4) is 0 Å². The molecule has 2 saturated carbocycles. The van der Waals surface area contributed by atoms with E-state index in [0.717, 1.165) is 31.5 Å². The van der Waals surface area contributed by atoms with E-state index in [-0.39, 0.29) is 39.1 Å². The number of carbonyl (C=O) groups excluding carboxylic acids is 2. The monoisotopic (exact) mass is 577 g/mol. The summed E-state index contributed by atoms with van der Waals surface area (Å²) in [5.74, 6) is -0.563. The molecule has 0 aliphatic heterocycles. The molecule has 0 radical (unpaired) electrons. The van der Waals surface area contributed by atoms with E-state index < -0.39 is 29.4 Å². The van der Waals surface area contributed by atoms with E-state index in [2.05, 4.69) is 25.7 Å². The highest BCUT2D eigenvalue weighted by Gasteiger charge is 2.37. The van der Waals surface area contributed by atoms with E-state index in [0.29, 0.717) is 21.8 Å². The lowest BCUT2D eigenvalue weighted by atomic mass is 10.1. The second kappa shape index (κ2) is 9.23. The summed E-state index contributed by atoms with van der Waals surface area (Å²) >= 11 is 12.9. The maximum atomic E-state index is 13.6. The van der Waals surface area contributed by atoms with E-state index in [1.807, 2.05) is 4.57 Å². The zero-order chi connectivity index (χ0) is 27.6. The van der Waals surface area contributed by atoms with Gasteiger partial charge in [0.05, 0.1) is 32.3 Å². The minimum Gasteiger partial charge on any atom is -0.349 e. The van der Waals surface area contributed by atoms with Gasteiger partial charge in [-0.2, -0.15) is 18.3 Å². The maximum absolute atomic E-state index is 13.6. The Morgan fingerprint density at radius 2 is 1.85 bits per heavy atom. The topological polar surface area (TPSA) is 107 Å². The van der Waals surface area contributed by atoms with Gasteiger partial charge in [-0.15, -0.1) is 0 Å². The highest BCUT2D eigenvalue weighted by Crippen LogP contribution is 2.43. The fourth-order valence-electron chi connectivity index (χ4n) is 4.40. The fourth-order valence-corrected chi connectivity index (χ4v) is 4.97. The molecular weight excluding hydrogens is 558 g/mol. The Hall–Kier alpha value is -3.64. The largest absolute Gasteiger partial charge is 0.435 e. The number of carbonyl (C=O) groups is 2. The third-order valence-corrected chi connectivity index (χ3v) is 7.31. The standard InChI is InChI=1S/C25H20Cl2F3N7O2/c1-36-20-15(33-21(36)11-4-5-11)9-13(23(38)32-12-6-7-12)19(18(20)27)34-24(39)16-10-17(25(28,29)30)35-37(16)22-14(26)3-2-8-31-22/h2-3,8-12H,4-7H2,1H3,(H,32,38)(H,34,39). The number of rotatable bonds is 6. The van der Waals surface area contributed by atoms with Crippen molar-refractivity contribution in [3.8, 4) is 5.82 Å². The normalized spacial score (nSPS) is 15.5. The van der Waals surface area contributed by atoms with Crippen LogP contribution in [0.25, 0.3) is 16.9 Å². The molecule has 3 heterocycles. The minimum absolute atomic E-state index is 0.00311. The van der Waals surface area contributed by atoms with Gasteiger partial charge in [0.25, 0.3) is 11.8 Å². The van der Waals surface area contributed by atoms with E-state index in [1.54, 1.807) is 7.05 Å². The van der Waals surface area contributed by atoms with Crippen LogP contribution in [0.4, 0.5) is 18.9 Å². The molecule has 2 N–H and O–H groups in total. The first-order chi connectivity index (χ1) is 18.5. The summed E-state index contributed by atoms with van der Waals surface area (Å²) in [5.41, 5.74) is -0.848. The summed E-state index contributed by atoms with van der Waals surface area (Å²) in [5, 5.41) is 9.01. The number of benzene rings is 1. The van der Waals surface area contributed by atoms with Crippen LogP contribution >= 0.6 is 23.2 Å². The Morgan fingerprint density at radius 3 is 2.49 bits per heavy atom. The zero-order valence-electron chi connectivity index (χ0n) is 20.3. The summed E-state index contributed by atoms with van der Waals surface area (Å²) < 4.78 is 43.3. The van der Waals surface area contributed by atoms with Crippen molar-refractivity contribution in [3.05, 3.63) is 63.3 Å². The van der Waals surface area contributed by atoms with Crippen LogP contribution in [0.2, 0.25) is 10.0 Å². The first kappa shape index (κ1) is 25.6. The second-order valence-corrected chi connectivity index (χ2v) is 10.4. The highest BCUT2D eigenvalue weighted by atomic mass is 35.5. The van der Waals surface area contributed by atoms with Crippen LogP contribution in [0.1, 0.15) is 64.0 Å². The highest BCUT2D eigenvalue weighted by molar-refractivity contribution is 6.39. The van der Waals surface area contributed by atoms with Crippen LogP contribution in [0, 0.1) is 0 Å². The number of nitrogens with one attached hydrogen (secondary N) is 2. The number of amides is 2. The molecule has 2 fully saturated rings. The van der Waals surface area contributed by atoms with Crippen LogP contribution in [-0.4, -0.2) is 42.2 Å². The van der Waals surface area contributed by atoms with Gasteiger partial charge in [-0.1, -0.05) is 23.2 Å². The Labute approximate surface area is 229 Å². The van der Waals surface area contributed by atoms with Crippen LogP contribution in [0.5, 0.6) is 0 Å². The first-order valence-electron chi connectivity index (χ1n) is 12.1. The number of aromatic nitrogens is 5. The molecule has 6 rings (SSSR count). The molecule has 0 bridgehead atoms. The lowest BCUT2D eigenvalue weighted by Crippen LogP contribution is -2.27. The Morgan fingerprint density at radius 1 is 1.10 bits per heavy atom. The van der Waals surface area contributed by atoms with Crippen molar-refractivity contribution >= 4 is 51.7 Å². The van der Waals surface area contributed by atoms with Gasteiger partial charge in [0.1, 0.15) is 11.5 Å². The molecule has 2 aliphatic rings. The molecule has 39 heavy (non-hydrogen) atoms. The SMILES string of the molecule is Cn1c(C2CC2)nc2cc(C(=O)NC3CC3)c(NC(=O)c3cc(C(F)(F)F)nn3-c3ncccc3Cl)c(Cl)c21. The molecule has 0 saturated heterocycles. The number of aryl methyl sites for hydroxylation is 1. The first-order valence-corrected chi connectivity index (χ1v) is 12.9. The number of nitrogens with zero attached hydrogens (tertiary/aromatic N) is 5. The summed E-state index contributed by atoms with van der Waals surface area (Å²) in [7, 11) is 1.79. The predicted molar refractivity (Wildman–Crippen MR) is 138 cm³/mol. The number of hydrogen-bond acceptors (Lipinski definition) is 5. The Balaban J connectivity index is 1.47. The van der Waals surface area contributed by atoms with Crippen molar-refractivity contribution in [3.63, 3.8) is 0 Å². The van der Waals surface area contributed by atoms with Crippen LogP contribution in [-0.2, 0) is 13.2 Å². The molecule has 0 spiro atoms.